The van der Waals surface area contributed by atoms with Crippen molar-refractivity contribution in [1.82, 2.24) is 4.90 Å². The van der Waals surface area contributed by atoms with Crippen LogP contribution in [0.5, 0.6) is 0 Å². The second-order valence-corrected chi connectivity index (χ2v) is 4.58. The van der Waals surface area contributed by atoms with Crippen molar-refractivity contribution in [2.75, 3.05) is 25.0 Å². The van der Waals surface area contributed by atoms with E-state index < -0.39 is 0 Å². The molecule has 1 saturated heterocycles. The SMILES string of the molecule is C#CCCN1CCC(Nc2ccccc2)CC1. The Kier molecular flexibility index (Phi) is 4.46. The van der Waals surface area contributed by atoms with E-state index in [4.69, 9.17) is 6.42 Å². The minimum atomic E-state index is 0.611. The summed E-state index contributed by atoms with van der Waals surface area (Å²) in [5, 5.41) is 3.59. The second kappa shape index (κ2) is 6.32. The van der Waals surface area contributed by atoms with Gasteiger partial charge in [0.05, 0.1) is 0 Å². The largest absolute Gasteiger partial charge is 0.382 e. The molecule has 0 atom stereocenters. The fourth-order valence-electron chi connectivity index (χ4n) is 2.29. The molecule has 0 bridgehead atoms. The average Bonchev–Trinajstić information content (AvgIpc) is 2.39. The molecule has 1 aliphatic heterocycles. The molecule has 1 aromatic carbocycles. The van der Waals surface area contributed by atoms with Gasteiger partial charge in [0.1, 0.15) is 0 Å². The maximum Gasteiger partial charge on any atom is 0.0342 e. The van der Waals surface area contributed by atoms with Gasteiger partial charge in [0.2, 0.25) is 0 Å². The number of nitrogens with zero attached hydrogens (tertiary/aromatic N) is 1. The number of rotatable bonds is 4. The Labute approximate surface area is 104 Å². The Morgan fingerprint density at radius 1 is 1.24 bits per heavy atom. The number of terminal acetylenes is 1. The lowest BCUT2D eigenvalue weighted by Gasteiger charge is -2.32. The topological polar surface area (TPSA) is 15.3 Å². The summed E-state index contributed by atoms with van der Waals surface area (Å²) in [5.41, 5.74) is 1.23. The van der Waals surface area contributed by atoms with Gasteiger partial charge in [0.15, 0.2) is 0 Å². The molecule has 2 nitrogen and oxygen atoms in total. The zero-order valence-corrected chi connectivity index (χ0v) is 10.2. The minimum absolute atomic E-state index is 0.611. The highest BCUT2D eigenvalue weighted by atomic mass is 15.1. The maximum atomic E-state index is 5.29. The van der Waals surface area contributed by atoms with Gasteiger partial charge in [-0.05, 0) is 25.0 Å². The van der Waals surface area contributed by atoms with E-state index in [1.165, 1.54) is 18.5 Å². The molecule has 1 fully saturated rings. The third-order valence-electron chi connectivity index (χ3n) is 3.30. The molecular weight excluding hydrogens is 208 g/mol. The van der Waals surface area contributed by atoms with E-state index in [1.54, 1.807) is 0 Å². The Balaban J connectivity index is 1.74. The fraction of sp³-hybridized carbons (Fsp3) is 0.467. The Hall–Kier alpha value is -1.46. The first-order chi connectivity index (χ1) is 8.38. The highest BCUT2D eigenvalue weighted by Gasteiger charge is 2.18. The maximum absolute atomic E-state index is 5.29. The molecule has 0 aliphatic carbocycles. The van der Waals surface area contributed by atoms with E-state index in [2.05, 4.69) is 40.4 Å². The molecule has 1 N–H and O–H groups in total. The molecule has 1 aliphatic rings. The summed E-state index contributed by atoms with van der Waals surface area (Å²) >= 11 is 0. The van der Waals surface area contributed by atoms with Gasteiger partial charge in [-0.15, -0.1) is 12.3 Å². The monoisotopic (exact) mass is 228 g/mol. The molecule has 0 amide bonds. The van der Waals surface area contributed by atoms with Crippen LogP contribution in [0.3, 0.4) is 0 Å². The highest BCUT2D eigenvalue weighted by Crippen LogP contribution is 2.16. The summed E-state index contributed by atoms with van der Waals surface area (Å²) in [5.74, 6) is 2.71. The van der Waals surface area contributed by atoms with E-state index in [-0.39, 0.29) is 0 Å². The number of hydrogen-bond donors (Lipinski definition) is 1. The summed E-state index contributed by atoms with van der Waals surface area (Å²) in [6.07, 6.45) is 8.57. The molecule has 1 heterocycles. The molecule has 0 radical (unpaired) electrons. The van der Waals surface area contributed by atoms with Gasteiger partial charge in [-0.3, -0.25) is 0 Å². The molecule has 2 heteroatoms. The van der Waals surface area contributed by atoms with E-state index in [9.17, 15) is 0 Å². The smallest absolute Gasteiger partial charge is 0.0342 e. The summed E-state index contributed by atoms with van der Waals surface area (Å²) in [4.78, 5) is 2.46. The number of hydrogen-bond acceptors (Lipinski definition) is 2. The van der Waals surface area contributed by atoms with Crippen LogP contribution in [-0.2, 0) is 0 Å². The standard InChI is InChI=1S/C15H20N2/c1-2-3-11-17-12-9-15(10-13-17)16-14-7-5-4-6-8-14/h1,4-8,15-16H,3,9-13H2. The van der Waals surface area contributed by atoms with Crippen molar-refractivity contribution < 1.29 is 0 Å². The molecule has 0 spiro atoms. The van der Waals surface area contributed by atoms with Crippen molar-refractivity contribution in [2.24, 2.45) is 0 Å². The van der Waals surface area contributed by atoms with E-state index in [0.717, 1.165) is 26.1 Å². The lowest BCUT2D eigenvalue weighted by atomic mass is 10.0. The number of anilines is 1. The lowest BCUT2D eigenvalue weighted by molar-refractivity contribution is 0.224. The summed E-state index contributed by atoms with van der Waals surface area (Å²) in [7, 11) is 0. The van der Waals surface area contributed by atoms with E-state index >= 15 is 0 Å². The summed E-state index contributed by atoms with van der Waals surface area (Å²) in [6.45, 7) is 3.37. The van der Waals surface area contributed by atoms with Crippen LogP contribution in [0.2, 0.25) is 0 Å². The lowest BCUT2D eigenvalue weighted by Crippen LogP contribution is -2.39. The van der Waals surface area contributed by atoms with Crippen LogP contribution >= 0.6 is 0 Å². The van der Waals surface area contributed by atoms with Crippen LogP contribution in [0.25, 0.3) is 0 Å². The van der Waals surface area contributed by atoms with Crippen LogP contribution < -0.4 is 5.32 Å². The Morgan fingerprint density at radius 2 is 1.94 bits per heavy atom. The molecular formula is C15H20N2. The molecule has 90 valence electrons. The average molecular weight is 228 g/mol. The zero-order valence-electron chi connectivity index (χ0n) is 10.2. The summed E-state index contributed by atoms with van der Waals surface area (Å²) in [6, 6.07) is 11.1. The summed E-state index contributed by atoms with van der Waals surface area (Å²) < 4.78 is 0. The van der Waals surface area contributed by atoms with Crippen molar-refractivity contribution in [2.45, 2.75) is 25.3 Å². The van der Waals surface area contributed by atoms with Gasteiger partial charge in [-0.25, -0.2) is 0 Å². The predicted molar refractivity (Wildman–Crippen MR) is 73.0 cm³/mol. The van der Waals surface area contributed by atoms with Gasteiger partial charge >= 0.3 is 0 Å². The van der Waals surface area contributed by atoms with Gasteiger partial charge in [-0.2, -0.15) is 0 Å². The first kappa shape index (κ1) is 12.0. The first-order valence-electron chi connectivity index (χ1n) is 6.36. The molecule has 0 aromatic heterocycles. The fourth-order valence-corrected chi connectivity index (χ4v) is 2.29. The van der Waals surface area contributed by atoms with Gasteiger partial charge < -0.3 is 10.2 Å². The third-order valence-corrected chi connectivity index (χ3v) is 3.30. The highest BCUT2D eigenvalue weighted by molar-refractivity contribution is 5.43. The zero-order chi connectivity index (χ0) is 11.9. The molecule has 17 heavy (non-hydrogen) atoms. The third kappa shape index (κ3) is 3.80. The Morgan fingerprint density at radius 3 is 2.59 bits per heavy atom. The van der Waals surface area contributed by atoms with Gasteiger partial charge in [0, 0.05) is 37.8 Å². The number of nitrogens with one attached hydrogen (secondary N) is 1. The first-order valence-corrected chi connectivity index (χ1v) is 6.36. The van der Waals surface area contributed by atoms with Crippen LogP contribution in [0.4, 0.5) is 5.69 Å². The number of para-hydroxylation sites is 1. The molecule has 1 aromatic rings. The number of benzene rings is 1. The van der Waals surface area contributed by atoms with Crippen LogP contribution in [0.1, 0.15) is 19.3 Å². The molecule has 0 saturated carbocycles. The van der Waals surface area contributed by atoms with Crippen LogP contribution in [0, 0.1) is 12.3 Å². The van der Waals surface area contributed by atoms with Crippen molar-refractivity contribution in [3.05, 3.63) is 30.3 Å². The molecule has 0 unspecified atom stereocenters. The Bertz CT molecular complexity index is 358. The predicted octanol–water partition coefficient (Wildman–Crippen LogP) is 2.59. The van der Waals surface area contributed by atoms with E-state index in [0.29, 0.717) is 6.04 Å². The van der Waals surface area contributed by atoms with Crippen molar-refractivity contribution in [3.8, 4) is 12.3 Å². The minimum Gasteiger partial charge on any atom is -0.382 e. The van der Waals surface area contributed by atoms with Gasteiger partial charge in [0.25, 0.3) is 0 Å². The van der Waals surface area contributed by atoms with Crippen molar-refractivity contribution >= 4 is 5.69 Å². The van der Waals surface area contributed by atoms with E-state index in [1.807, 2.05) is 6.07 Å². The second-order valence-electron chi connectivity index (χ2n) is 4.58. The normalized spacial score (nSPS) is 17.6. The van der Waals surface area contributed by atoms with Gasteiger partial charge in [-0.1, -0.05) is 18.2 Å². The van der Waals surface area contributed by atoms with Crippen molar-refractivity contribution in [3.63, 3.8) is 0 Å². The number of likely N-dealkylation sites (tertiary alicyclic amines) is 1. The molecule has 2 rings (SSSR count). The quantitative estimate of drug-likeness (QED) is 0.797. The van der Waals surface area contributed by atoms with Crippen LogP contribution in [0.15, 0.2) is 30.3 Å². The van der Waals surface area contributed by atoms with Crippen molar-refractivity contribution in [1.29, 1.82) is 0 Å². The number of piperidine rings is 1. The van der Waals surface area contributed by atoms with Crippen LogP contribution in [-0.4, -0.2) is 30.6 Å².